The molecule has 3 nitrogen and oxygen atoms in total. The van der Waals surface area contributed by atoms with Gasteiger partial charge >= 0.3 is 10.1 Å². The van der Waals surface area contributed by atoms with Gasteiger partial charge in [0.15, 0.2) is 4.36 Å². The zero-order valence-electron chi connectivity index (χ0n) is 3.51. The third-order valence-electron chi connectivity index (χ3n) is 0.332. The summed E-state index contributed by atoms with van der Waals surface area (Å²) >= 11 is 9.64. The highest BCUT2D eigenvalue weighted by Crippen LogP contribution is 2.09. The fourth-order valence-corrected chi connectivity index (χ4v) is 0.507. The zero-order valence-corrected chi connectivity index (χ0v) is 5.83. The van der Waals surface area contributed by atoms with Crippen LogP contribution >= 0.6 is 23.2 Å². The molecule has 6 heteroatoms. The van der Waals surface area contributed by atoms with Gasteiger partial charge in [-0.25, -0.2) is 0 Å². The summed E-state index contributed by atoms with van der Waals surface area (Å²) in [6.45, 7) is 0. The minimum absolute atomic E-state index is 0.566. The van der Waals surface area contributed by atoms with Gasteiger partial charge in [-0.15, -0.1) is 0 Å². The maximum Gasteiger partial charge on any atom is 0.306 e. The van der Waals surface area contributed by atoms with E-state index in [1.54, 1.807) is 0 Å². The lowest BCUT2D eigenvalue weighted by molar-refractivity contribution is 0.493. The fourth-order valence-electron chi connectivity index (χ4n) is 0.0563. The molecule has 0 aromatic carbocycles. The molecule has 0 heterocycles. The lowest BCUT2D eigenvalue weighted by Gasteiger charge is -1.85. The molecular formula is C2H2Cl2O3S. The van der Waals surface area contributed by atoms with Crippen molar-refractivity contribution in [3.05, 3.63) is 9.90 Å². The van der Waals surface area contributed by atoms with Gasteiger partial charge < -0.3 is 0 Å². The van der Waals surface area contributed by atoms with Crippen molar-refractivity contribution in [1.82, 2.24) is 0 Å². The van der Waals surface area contributed by atoms with E-state index < -0.39 is 14.5 Å². The Hall–Kier alpha value is 0.230. The average molecular weight is 177 g/mol. The molecule has 48 valence electrons. The van der Waals surface area contributed by atoms with Crippen LogP contribution in [0, 0.1) is 0 Å². The average Bonchev–Trinajstić information content (AvgIpc) is 1.62. The van der Waals surface area contributed by atoms with Gasteiger partial charge in [0.1, 0.15) is 0 Å². The van der Waals surface area contributed by atoms with Crippen molar-refractivity contribution in [2.24, 2.45) is 0 Å². The predicted molar refractivity (Wildman–Crippen MR) is 31.3 cm³/mol. The summed E-state index contributed by atoms with van der Waals surface area (Å²) in [6, 6.07) is 0. The molecule has 0 saturated heterocycles. The molecule has 1 N–H and O–H groups in total. The molecule has 0 aliphatic heterocycles. The third kappa shape index (κ3) is 2.52. The molecular weight excluding hydrogens is 175 g/mol. The molecule has 0 bridgehead atoms. The standard InChI is InChI=1S/C2H2Cl2O3S/c3-1-2(4)8(5,6)7/h1H,(H,5,6,7). The van der Waals surface area contributed by atoms with E-state index in [1.807, 2.05) is 0 Å². The summed E-state index contributed by atoms with van der Waals surface area (Å²) < 4.78 is 26.9. The van der Waals surface area contributed by atoms with Crippen LogP contribution in [0.5, 0.6) is 0 Å². The summed E-state index contributed by atoms with van der Waals surface area (Å²) in [7, 11) is -4.26. The van der Waals surface area contributed by atoms with E-state index in [0.29, 0.717) is 5.54 Å². The van der Waals surface area contributed by atoms with Crippen LogP contribution in [0.3, 0.4) is 0 Å². The van der Waals surface area contributed by atoms with Crippen LogP contribution in [0.25, 0.3) is 0 Å². The Labute approximate surface area is 56.6 Å². The first-order chi connectivity index (χ1) is 3.48. The molecule has 0 saturated carbocycles. The summed E-state index contributed by atoms with van der Waals surface area (Å²) in [5.74, 6) is 0. The minimum atomic E-state index is -4.26. The number of hydrogen-bond acceptors (Lipinski definition) is 2. The van der Waals surface area contributed by atoms with Crippen LogP contribution < -0.4 is 0 Å². The van der Waals surface area contributed by atoms with Gasteiger partial charge in [0.2, 0.25) is 0 Å². The van der Waals surface area contributed by atoms with E-state index in [9.17, 15) is 8.42 Å². The Morgan fingerprint density at radius 2 is 2.00 bits per heavy atom. The van der Waals surface area contributed by atoms with Crippen LogP contribution in [0.2, 0.25) is 0 Å². The predicted octanol–water partition coefficient (Wildman–Crippen LogP) is 1.15. The number of rotatable bonds is 1. The topological polar surface area (TPSA) is 54.4 Å². The summed E-state index contributed by atoms with van der Waals surface area (Å²) in [6.07, 6.45) is 0. The third-order valence-corrected chi connectivity index (χ3v) is 2.10. The quantitative estimate of drug-likeness (QED) is 0.611. The molecule has 0 aromatic rings. The second-order valence-corrected chi connectivity index (χ2v) is 3.13. The van der Waals surface area contributed by atoms with E-state index >= 15 is 0 Å². The van der Waals surface area contributed by atoms with Gasteiger partial charge in [-0.05, 0) is 0 Å². The smallest absolute Gasteiger partial charge is 0.281 e. The van der Waals surface area contributed by atoms with Gasteiger partial charge in [-0.3, -0.25) is 4.55 Å². The lowest BCUT2D eigenvalue weighted by Crippen LogP contribution is -1.94. The monoisotopic (exact) mass is 176 g/mol. The van der Waals surface area contributed by atoms with E-state index in [-0.39, 0.29) is 0 Å². The van der Waals surface area contributed by atoms with Gasteiger partial charge in [0.25, 0.3) is 0 Å². The number of halogens is 2. The first-order valence-corrected chi connectivity index (χ1v) is 3.67. The lowest BCUT2D eigenvalue weighted by atomic mass is 11.2. The molecule has 0 amide bonds. The Balaban J connectivity index is 4.55. The first kappa shape index (κ1) is 8.23. The highest BCUT2D eigenvalue weighted by Gasteiger charge is 2.07. The zero-order chi connectivity index (χ0) is 6.78. The Kier molecular flexibility index (Phi) is 2.76. The molecule has 0 spiro atoms. The van der Waals surface area contributed by atoms with Gasteiger partial charge in [-0.2, -0.15) is 8.42 Å². The van der Waals surface area contributed by atoms with E-state index in [1.165, 1.54) is 0 Å². The fraction of sp³-hybridized carbons (Fsp3) is 0. The molecule has 0 rings (SSSR count). The Morgan fingerprint density at radius 1 is 1.62 bits per heavy atom. The van der Waals surface area contributed by atoms with Crippen molar-refractivity contribution in [1.29, 1.82) is 0 Å². The molecule has 0 aliphatic rings. The van der Waals surface area contributed by atoms with Crippen molar-refractivity contribution >= 4 is 33.3 Å². The van der Waals surface area contributed by atoms with Crippen LogP contribution in [0.4, 0.5) is 0 Å². The Bertz CT molecular complexity index is 191. The van der Waals surface area contributed by atoms with Crippen molar-refractivity contribution in [3.63, 3.8) is 0 Å². The van der Waals surface area contributed by atoms with Crippen LogP contribution in [-0.2, 0) is 10.1 Å². The van der Waals surface area contributed by atoms with Crippen LogP contribution in [0.1, 0.15) is 0 Å². The van der Waals surface area contributed by atoms with Crippen molar-refractivity contribution < 1.29 is 13.0 Å². The maximum atomic E-state index is 9.83. The number of hydrogen-bond donors (Lipinski definition) is 1. The molecule has 0 fully saturated rings. The largest absolute Gasteiger partial charge is 0.306 e. The van der Waals surface area contributed by atoms with Crippen LogP contribution in [-0.4, -0.2) is 13.0 Å². The van der Waals surface area contributed by atoms with Crippen molar-refractivity contribution in [2.45, 2.75) is 0 Å². The second kappa shape index (κ2) is 2.68. The SMILES string of the molecule is O=S(=O)(O)C(Cl)=CCl. The summed E-state index contributed by atoms with van der Waals surface area (Å²) in [4.78, 5) is 0. The van der Waals surface area contributed by atoms with Crippen LogP contribution in [0.15, 0.2) is 9.90 Å². The maximum absolute atomic E-state index is 9.83. The van der Waals surface area contributed by atoms with Gasteiger partial charge in [0, 0.05) is 5.54 Å². The molecule has 0 aliphatic carbocycles. The van der Waals surface area contributed by atoms with E-state index in [4.69, 9.17) is 27.8 Å². The molecule has 0 atom stereocenters. The minimum Gasteiger partial charge on any atom is -0.281 e. The summed E-state index contributed by atoms with van der Waals surface area (Å²) in [5.41, 5.74) is 0.566. The molecule has 8 heavy (non-hydrogen) atoms. The Morgan fingerprint density at radius 3 is 2.00 bits per heavy atom. The summed E-state index contributed by atoms with van der Waals surface area (Å²) in [5, 5.41) is 0. The molecule has 0 radical (unpaired) electrons. The van der Waals surface area contributed by atoms with Crippen molar-refractivity contribution in [3.8, 4) is 0 Å². The van der Waals surface area contributed by atoms with E-state index in [0.717, 1.165) is 0 Å². The normalized spacial score (nSPS) is 14.1. The van der Waals surface area contributed by atoms with E-state index in [2.05, 4.69) is 0 Å². The van der Waals surface area contributed by atoms with Crippen molar-refractivity contribution in [2.75, 3.05) is 0 Å². The highest BCUT2D eigenvalue weighted by atomic mass is 35.5. The highest BCUT2D eigenvalue weighted by molar-refractivity contribution is 7.91. The molecule has 0 unspecified atom stereocenters. The van der Waals surface area contributed by atoms with Gasteiger partial charge in [-0.1, -0.05) is 23.2 Å². The second-order valence-electron chi connectivity index (χ2n) is 0.888. The first-order valence-electron chi connectivity index (χ1n) is 1.42. The van der Waals surface area contributed by atoms with Gasteiger partial charge in [0.05, 0.1) is 0 Å². The molecule has 0 aromatic heterocycles.